The number of carbonyl (C=O) groups is 1. The molecule has 0 aliphatic carbocycles. The van der Waals surface area contributed by atoms with Gasteiger partial charge in [0.15, 0.2) is 0 Å². The van der Waals surface area contributed by atoms with Crippen LogP contribution in [0.4, 0.5) is 5.82 Å². The van der Waals surface area contributed by atoms with Crippen LogP contribution in [0.15, 0.2) is 6.07 Å². The van der Waals surface area contributed by atoms with Crippen molar-refractivity contribution in [3.63, 3.8) is 0 Å². The molecule has 0 atom stereocenters. The summed E-state index contributed by atoms with van der Waals surface area (Å²) in [6.07, 6.45) is 2.06. The minimum atomic E-state index is -0.522. The summed E-state index contributed by atoms with van der Waals surface area (Å²) in [7, 11) is 1.32. The van der Waals surface area contributed by atoms with E-state index in [1.54, 1.807) is 11.8 Å². The maximum atomic E-state index is 11.4. The molecule has 0 saturated heterocycles. The number of nitrogens with zero attached hydrogens (tertiary/aromatic N) is 2. The van der Waals surface area contributed by atoms with E-state index in [1.165, 1.54) is 7.11 Å². The van der Waals surface area contributed by atoms with E-state index in [9.17, 15) is 4.79 Å². The number of carbonyl (C=O) groups excluding carboxylic acids is 1. The standard InChI is InChI=1S/C12H19N3O2S/c1-8-6-9(13-7-12(2,3)18-5)15-10(14-8)11(16)17-4/h6H,7H2,1-5H3,(H,13,14,15). The topological polar surface area (TPSA) is 64.1 Å². The van der Waals surface area contributed by atoms with Gasteiger partial charge in [-0.1, -0.05) is 0 Å². The van der Waals surface area contributed by atoms with Crippen molar-refractivity contribution in [2.24, 2.45) is 0 Å². The predicted molar refractivity (Wildman–Crippen MR) is 74.2 cm³/mol. The monoisotopic (exact) mass is 269 g/mol. The van der Waals surface area contributed by atoms with Crippen molar-refractivity contribution in [3.8, 4) is 0 Å². The van der Waals surface area contributed by atoms with Gasteiger partial charge in [-0.25, -0.2) is 14.8 Å². The first-order chi connectivity index (χ1) is 8.38. The molecule has 1 aromatic rings. The van der Waals surface area contributed by atoms with Crippen LogP contribution >= 0.6 is 11.8 Å². The molecule has 0 aliphatic rings. The third kappa shape index (κ3) is 4.18. The fourth-order valence-electron chi connectivity index (χ4n) is 1.22. The SMILES string of the molecule is COC(=O)c1nc(C)cc(NCC(C)(C)SC)n1. The summed E-state index contributed by atoms with van der Waals surface area (Å²) in [5.41, 5.74) is 0.731. The molecule has 0 fully saturated rings. The average molecular weight is 269 g/mol. The van der Waals surface area contributed by atoms with Crippen molar-refractivity contribution in [3.05, 3.63) is 17.6 Å². The van der Waals surface area contributed by atoms with Gasteiger partial charge in [-0.05, 0) is 27.0 Å². The summed E-state index contributed by atoms with van der Waals surface area (Å²) in [4.78, 5) is 19.6. The van der Waals surface area contributed by atoms with Crippen LogP contribution in [-0.2, 0) is 4.74 Å². The molecule has 0 aromatic carbocycles. The van der Waals surface area contributed by atoms with E-state index in [4.69, 9.17) is 0 Å². The van der Waals surface area contributed by atoms with Gasteiger partial charge in [0.1, 0.15) is 5.82 Å². The van der Waals surface area contributed by atoms with Crippen molar-refractivity contribution in [1.29, 1.82) is 0 Å². The third-order valence-corrected chi connectivity index (χ3v) is 3.72. The summed E-state index contributed by atoms with van der Waals surface area (Å²) in [5, 5.41) is 3.22. The zero-order chi connectivity index (χ0) is 13.8. The van der Waals surface area contributed by atoms with E-state index in [0.717, 1.165) is 12.2 Å². The molecule has 18 heavy (non-hydrogen) atoms. The maximum absolute atomic E-state index is 11.4. The first-order valence-corrected chi connectivity index (χ1v) is 6.83. The van der Waals surface area contributed by atoms with Crippen LogP contribution in [0, 0.1) is 6.92 Å². The Kier molecular flexibility index (Phi) is 4.95. The van der Waals surface area contributed by atoms with Crippen LogP contribution in [0.25, 0.3) is 0 Å². The summed E-state index contributed by atoms with van der Waals surface area (Å²) >= 11 is 1.77. The van der Waals surface area contributed by atoms with Crippen molar-refractivity contribution < 1.29 is 9.53 Å². The Hall–Kier alpha value is -1.30. The minimum absolute atomic E-state index is 0.0851. The van der Waals surface area contributed by atoms with Crippen LogP contribution in [0.1, 0.15) is 30.2 Å². The van der Waals surface area contributed by atoms with Crippen LogP contribution in [0.5, 0.6) is 0 Å². The Morgan fingerprint density at radius 1 is 1.50 bits per heavy atom. The second kappa shape index (κ2) is 6.04. The second-order valence-electron chi connectivity index (χ2n) is 4.53. The summed E-state index contributed by atoms with van der Waals surface area (Å²) in [6.45, 7) is 6.85. The molecule has 0 saturated carbocycles. The van der Waals surface area contributed by atoms with Gasteiger partial charge in [0.05, 0.1) is 7.11 Å². The fraction of sp³-hybridized carbons (Fsp3) is 0.583. The van der Waals surface area contributed by atoms with Gasteiger partial charge in [0.2, 0.25) is 5.82 Å². The van der Waals surface area contributed by atoms with Crippen LogP contribution in [-0.4, -0.2) is 40.6 Å². The molecular weight excluding hydrogens is 250 g/mol. The Bertz CT molecular complexity index is 435. The average Bonchev–Trinajstić information content (AvgIpc) is 2.35. The number of methoxy groups -OCH3 is 1. The molecule has 5 nitrogen and oxygen atoms in total. The molecule has 1 rings (SSSR count). The number of hydrogen-bond acceptors (Lipinski definition) is 6. The normalized spacial score (nSPS) is 11.2. The smallest absolute Gasteiger partial charge is 0.376 e. The van der Waals surface area contributed by atoms with Gasteiger partial charge in [0.25, 0.3) is 0 Å². The number of thioether (sulfide) groups is 1. The first kappa shape index (κ1) is 14.8. The number of esters is 1. The van der Waals surface area contributed by atoms with Crippen LogP contribution in [0.2, 0.25) is 0 Å². The second-order valence-corrected chi connectivity index (χ2v) is 6.04. The maximum Gasteiger partial charge on any atom is 0.376 e. The molecule has 1 aromatic heterocycles. The van der Waals surface area contributed by atoms with Crippen molar-refractivity contribution in [1.82, 2.24) is 9.97 Å². The number of ether oxygens (including phenoxy) is 1. The van der Waals surface area contributed by atoms with E-state index in [-0.39, 0.29) is 10.6 Å². The van der Waals surface area contributed by atoms with Crippen LogP contribution < -0.4 is 5.32 Å². The number of anilines is 1. The van der Waals surface area contributed by atoms with Gasteiger partial charge >= 0.3 is 5.97 Å². The number of aromatic nitrogens is 2. The minimum Gasteiger partial charge on any atom is -0.463 e. The molecule has 1 heterocycles. The van der Waals surface area contributed by atoms with Crippen LogP contribution in [0.3, 0.4) is 0 Å². The van der Waals surface area contributed by atoms with Gasteiger partial charge in [-0.15, -0.1) is 0 Å². The zero-order valence-corrected chi connectivity index (χ0v) is 12.2. The summed E-state index contributed by atoms with van der Waals surface area (Å²) in [6, 6.07) is 1.81. The Labute approximate surface area is 112 Å². The molecular formula is C12H19N3O2S. The molecule has 0 bridgehead atoms. The predicted octanol–water partition coefficient (Wildman–Crippen LogP) is 2.13. The first-order valence-electron chi connectivity index (χ1n) is 5.61. The highest BCUT2D eigenvalue weighted by molar-refractivity contribution is 7.99. The largest absolute Gasteiger partial charge is 0.463 e. The summed E-state index contributed by atoms with van der Waals surface area (Å²) < 4.78 is 4.72. The van der Waals surface area contributed by atoms with Gasteiger partial charge < -0.3 is 10.1 Å². The molecule has 6 heteroatoms. The number of rotatable bonds is 5. The van der Waals surface area contributed by atoms with Gasteiger partial charge in [-0.2, -0.15) is 11.8 Å². The van der Waals surface area contributed by atoms with Crippen molar-refractivity contribution in [2.75, 3.05) is 25.2 Å². The number of nitrogens with one attached hydrogen (secondary N) is 1. The lowest BCUT2D eigenvalue weighted by Gasteiger charge is -2.22. The van der Waals surface area contributed by atoms with E-state index in [0.29, 0.717) is 5.82 Å². The lowest BCUT2D eigenvalue weighted by molar-refractivity contribution is 0.0586. The van der Waals surface area contributed by atoms with Gasteiger partial charge in [0, 0.05) is 23.1 Å². The third-order valence-electron chi connectivity index (χ3n) is 2.47. The molecule has 0 aliphatic heterocycles. The Morgan fingerprint density at radius 3 is 2.72 bits per heavy atom. The molecule has 0 amide bonds. The molecule has 0 radical (unpaired) electrons. The molecule has 0 spiro atoms. The lowest BCUT2D eigenvalue weighted by Crippen LogP contribution is -2.26. The van der Waals surface area contributed by atoms with E-state index < -0.39 is 5.97 Å². The number of hydrogen-bond donors (Lipinski definition) is 1. The highest BCUT2D eigenvalue weighted by Crippen LogP contribution is 2.21. The number of aryl methyl sites for hydroxylation is 1. The Balaban J connectivity index is 2.84. The van der Waals surface area contributed by atoms with Gasteiger partial charge in [-0.3, -0.25) is 0 Å². The highest BCUT2D eigenvalue weighted by atomic mass is 32.2. The quantitative estimate of drug-likeness (QED) is 0.826. The fourth-order valence-corrected chi connectivity index (χ4v) is 1.43. The molecule has 1 N–H and O–H groups in total. The van der Waals surface area contributed by atoms with E-state index in [1.807, 2.05) is 13.0 Å². The Morgan fingerprint density at radius 2 is 2.17 bits per heavy atom. The van der Waals surface area contributed by atoms with E-state index >= 15 is 0 Å². The molecule has 0 unspecified atom stereocenters. The highest BCUT2D eigenvalue weighted by Gasteiger charge is 2.17. The van der Waals surface area contributed by atoms with E-state index in [2.05, 4.69) is 40.1 Å². The summed E-state index contributed by atoms with van der Waals surface area (Å²) in [5.74, 6) is 0.206. The molecule has 100 valence electrons. The van der Waals surface area contributed by atoms with Crippen molar-refractivity contribution >= 4 is 23.5 Å². The van der Waals surface area contributed by atoms with Crippen molar-refractivity contribution in [2.45, 2.75) is 25.5 Å². The lowest BCUT2D eigenvalue weighted by atomic mass is 10.2. The zero-order valence-electron chi connectivity index (χ0n) is 11.4.